The molecule has 2 aromatic rings. The second-order valence-electron chi connectivity index (χ2n) is 3.37. The first-order chi connectivity index (χ1) is 6.65. The van der Waals surface area contributed by atoms with E-state index in [0.29, 0.717) is 0 Å². The maximum absolute atomic E-state index is 5.73. The van der Waals surface area contributed by atoms with Crippen LogP contribution < -0.4 is 0 Å². The van der Waals surface area contributed by atoms with Gasteiger partial charge in [-0.1, -0.05) is 5.92 Å². The molecule has 0 saturated carbocycles. The molecule has 0 saturated heterocycles. The highest BCUT2D eigenvalue weighted by Gasteiger charge is 2.14. The highest BCUT2D eigenvalue weighted by atomic mass is 32.1. The van der Waals surface area contributed by atoms with Crippen molar-refractivity contribution in [1.29, 1.82) is 0 Å². The lowest BCUT2D eigenvalue weighted by Gasteiger charge is -1.87. The monoisotopic (exact) mass is 204 g/mol. The molecule has 14 heavy (non-hydrogen) atoms. The van der Waals surface area contributed by atoms with Crippen LogP contribution in [0.2, 0.25) is 0 Å². The number of furan rings is 1. The lowest BCUT2D eigenvalue weighted by atomic mass is 10.2. The van der Waals surface area contributed by atoms with E-state index >= 15 is 0 Å². The Morgan fingerprint density at radius 2 is 1.86 bits per heavy atom. The standard InChI is InChI=1S/C12H12OS/c1-5-6-10-8(3)12-11(13-10)7(2)9(4)14-12/h1-4H3. The van der Waals surface area contributed by atoms with Crippen molar-refractivity contribution in [2.45, 2.75) is 27.7 Å². The Morgan fingerprint density at radius 1 is 1.14 bits per heavy atom. The molecule has 1 nitrogen and oxygen atoms in total. The number of hydrogen-bond donors (Lipinski definition) is 0. The lowest BCUT2D eigenvalue weighted by Crippen LogP contribution is -1.71. The zero-order valence-corrected chi connectivity index (χ0v) is 9.63. The third-order valence-electron chi connectivity index (χ3n) is 2.45. The average Bonchev–Trinajstić information content (AvgIpc) is 2.59. The van der Waals surface area contributed by atoms with Crippen LogP contribution in [-0.2, 0) is 0 Å². The van der Waals surface area contributed by atoms with Gasteiger partial charge in [0.25, 0.3) is 0 Å². The zero-order chi connectivity index (χ0) is 10.3. The van der Waals surface area contributed by atoms with E-state index in [9.17, 15) is 0 Å². The fraction of sp³-hybridized carbons (Fsp3) is 0.333. The predicted molar refractivity (Wildman–Crippen MR) is 60.9 cm³/mol. The van der Waals surface area contributed by atoms with E-state index in [0.717, 1.165) is 11.3 Å². The van der Waals surface area contributed by atoms with Crippen LogP contribution in [0.5, 0.6) is 0 Å². The van der Waals surface area contributed by atoms with Crippen molar-refractivity contribution in [3.05, 3.63) is 21.8 Å². The first kappa shape index (κ1) is 9.36. The second-order valence-corrected chi connectivity index (χ2v) is 4.60. The Hall–Kier alpha value is -1.20. The van der Waals surface area contributed by atoms with E-state index in [1.807, 2.05) is 6.92 Å². The van der Waals surface area contributed by atoms with Crippen LogP contribution in [0.3, 0.4) is 0 Å². The van der Waals surface area contributed by atoms with Gasteiger partial charge in [0.15, 0.2) is 5.76 Å². The summed E-state index contributed by atoms with van der Waals surface area (Å²) in [6, 6.07) is 0. The quantitative estimate of drug-likeness (QED) is 0.595. The van der Waals surface area contributed by atoms with Crippen LogP contribution in [0.25, 0.3) is 10.3 Å². The third kappa shape index (κ3) is 1.17. The van der Waals surface area contributed by atoms with Crippen LogP contribution in [0.15, 0.2) is 4.42 Å². The highest BCUT2D eigenvalue weighted by molar-refractivity contribution is 7.19. The summed E-state index contributed by atoms with van der Waals surface area (Å²) in [4.78, 5) is 1.33. The maximum atomic E-state index is 5.73. The van der Waals surface area contributed by atoms with Crippen LogP contribution >= 0.6 is 11.3 Å². The zero-order valence-electron chi connectivity index (χ0n) is 8.82. The van der Waals surface area contributed by atoms with Crippen LogP contribution in [0, 0.1) is 32.6 Å². The van der Waals surface area contributed by atoms with Gasteiger partial charge in [0, 0.05) is 16.0 Å². The molecule has 2 rings (SSSR count). The molecule has 0 aromatic carbocycles. The van der Waals surface area contributed by atoms with Gasteiger partial charge in [0.1, 0.15) is 5.58 Å². The normalized spacial score (nSPS) is 10.3. The Bertz CT molecular complexity index is 546. The van der Waals surface area contributed by atoms with Gasteiger partial charge in [-0.2, -0.15) is 0 Å². The molecule has 0 aliphatic rings. The molecule has 0 atom stereocenters. The molecule has 0 amide bonds. The van der Waals surface area contributed by atoms with Crippen molar-refractivity contribution in [2.24, 2.45) is 0 Å². The minimum atomic E-state index is 0.817. The van der Waals surface area contributed by atoms with Crippen molar-refractivity contribution in [3.63, 3.8) is 0 Å². The number of aryl methyl sites for hydroxylation is 3. The first-order valence-electron chi connectivity index (χ1n) is 4.57. The molecule has 0 bridgehead atoms. The largest absolute Gasteiger partial charge is 0.446 e. The molecule has 0 N–H and O–H groups in total. The van der Waals surface area contributed by atoms with Crippen LogP contribution in [0.1, 0.15) is 28.7 Å². The molecule has 0 spiro atoms. The number of thiophene rings is 1. The van der Waals surface area contributed by atoms with Crippen molar-refractivity contribution in [1.82, 2.24) is 0 Å². The summed E-state index contributed by atoms with van der Waals surface area (Å²) in [5, 5.41) is 0. The van der Waals surface area contributed by atoms with Crippen molar-refractivity contribution >= 4 is 21.6 Å². The second kappa shape index (κ2) is 3.18. The minimum Gasteiger partial charge on any atom is -0.446 e. The molecule has 0 radical (unpaired) electrons. The fourth-order valence-electron chi connectivity index (χ4n) is 1.49. The Labute approximate surface area is 87.7 Å². The van der Waals surface area contributed by atoms with E-state index in [-0.39, 0.29) is 0 Å². The number of rotatable bonds is 0. The number of hydrogen-bond acceptors (Lipinski definition) is 2. The van der Waals surface area contributed by atoms with Gasteiger partial charge >= 0.3 is 0 Å². The highest BCUT2D eigenvalue weighted by Crippen LogP contribution is 2.35. The summed E-state index contributed by atoms with van der Waals surface area (Å²) >= 11 is 1.79. The van der Waals surface area contributed by atoms with Gasteiger partial charge < -0.3 is 4.42 Å². The summed E-state index contributed by atoms with van der Waals surface area (Å²) in [6.45, 7) is 8.12. The molecule has 2 heteroatoms. The third-order valence-corrected chi connectivity index (χ3v) is 3.76. The first-order valence-corrected chi connectivity index (χ1v) is 5.38. The topological polar surface area (TPSA) is 13.1 Å². The van der Waals surface area contributed by atoms with Gasteiger partial charge in [-0.15, -0.1) is 11.3 Å². The summed E-state index contributed by atoms with van der Waals surface area (Å²) < 4.78 is 6.98. The van der Waals surface area contributed by atoms with Crippen molar-refractivity contribution in [3.8, 4) is 11.8 Å². The Balaban J connectivity index is 2.80. The SMILES string of the molecule is CC#Cc1oc2c(C)c(C)sc2c1C. The van der Waals surface area contributed by atoms with E-state index < -0.39 is 0 Å². The van der Waals surface area contributed by atoms with Crippen LogP contribution in [-0.4, -0.2) is 0 Å². The molecule has 2 heterocycles. The van der Waals surface area contributed by atoms with E-state index in [1.54, 1.807) is 11.3 Å². The van der Waals surface area contributed by atoms with Gasteiger partial charge in [0.2, 0.25) is 0 Å². The summed E-state index contributed by atoms with van der Waals surface area (Å²) in [6.07, 6.45) is 0. The smallest absolute Gasteiger partial charge is 0.181 e. The van der Waals surface area contributed by atoms with Crippen LogP contribution in [0.4, 0.5) is 0 Å². The summed E-state index contributed by atoms with van der Waals surface area (Å²) in [7, 11) is 0. The molecule has 0 aliphatic carbocycles. The molecule has 2 aromatic heterocycles. The van der Waals surface area contributed by atoms with Gasteiger partial charge in [-0.05, 0) is 33.6 Å². The predicted octanol–water partition coefficient (Wildman–Crippen LogP) is 3.79. The molecule has 0 aliphatic heterocycles. The van der Waals surface area contributed by atoms with Gasteiger partial charge in [-0.3, -0.25) is 0 Å². The number of fused-ring (bicyclic) bond motifs is 1. The molecular formula is C12H12OS. The average molecular weight is 204 g/mol. The van der Waals surface area contributed by atoms with Gasteiger partial charge in [0.05, 0.1) is 4.70 Å². The van der Waals surface area contributed by atoms with E-state index in [2.05, 4.69) is 32.6 Å². The van der Waals surface area contributed by atoms with Crippen molar-refractivity contribution in [2.75, 3.05) is 0 Å². The van der Waals surface area contributed by atoms with E-state index in [1.165, 1.54) is 20.7 Å². The Morgan fingerprint density at radius 3 is 2.43 bits per heavy atom. The van der Waals surface area contributed by atoms with E-state index in [4.69, 9.17) is 4.42 Å². The lowest BCUT2D eigenvalue weighted by molar-refractivity contribution is 0.596. The summed E-state index contributed by atoms with van der Waals surface area (Å²) in [5.74, 6) is 6.68. The van der Waals surface area contributed by atoms with Gasteiger partial charge in [-0.25, -0.2) is 0 Å². The molecule has 0 fully saturated rings. The van der Waals surface area contributed by atoms with Crippen molar-refractivity contribution < 1.29 is 4.42 Å². The maximum Gasteiger partial charge on any atom is 0.181 e. The Kier molecular flexibility index (Phi) is 2.13. The molecule has 72 valence electrons. The molecular weight excluding hydrogens is 192 g/mol. The molecule has 0 unspecified atom stereocenters. The minimum absolute atomic E-state index is 0.817. The summed E-state index contributed by atoms with van der Waals surface area (Å²) in [5.41, 5.74) is 3.44. The fourth-order valence-corrected chi connectivity index (χ4v) is 2.58.